The largest absolute Gasteiger partial charge is 0.486 e. The topological polar surface area (TPSA) is 95.3 Å². The molecule has 2 heterocycles. The molecule has 0 unspecified atom stereocenters. The number of aromatic nitrogens is 3. The molecular weight excluding hydrogens is 517 g/mol. The van der Waals surface area contributed by atoms with Gasteiger partial charge in [-0.15, -0.1) is 28.1 Å². The van der Waals surface area contributed by atoms with Crippen LogP contribution >= 0.6 is 23.1 Å². The molecule has 192 valence electrons. The van der Waals surface area contributed by atoms with Crippen LogP contribution in [0.5, 0.6) is 5.75 Å². The number of ether oxygens (including phenoxy) is 2. The van der Waals surface area contributed by atoms with Crippen molar-refractivity contribution in [3.63, 3.8) is 0 Å². The fourth-order valence-corrected chi connectivity index (χ4v) is 4.94. The molecular formula is C23H23F3N4O4S2. The number of aryl methyl sites for hydroxylation is 1. The van der Waals surface area contributed by atoms with E-state index in [1.165, 1.54) is 30.6 Å². The summed E-state index contributed by atoms with van der Waals surface area (Å²) in [4.78, 5) is 25.6. The van der Waals surface area contributed by atoms with E-state index in [0.29, 0.717) is 28.1 Å². The first-order valence-electron chi connectivity index (χ1n) is 10.5. The Morgan fingerprint density at radius 1 is 1.28 bits per heavy atom. The molecule has 0 saturated carbocycles. The molecule has 36 heavy (non-hydrogen) atoms. The highest BCUT2D eigenvalue weighted by Gasteiger charge is 2.30. The molecule has 0 radical (unpaired) electrons. The molecule has 0 bridgehead atoms. The van der Waals surface area contributed by atoms with Crippen molar-refractivity contribution in [2.24, 2.45) is 0 Å². The van der Waals surface area contributed by atoms with Crippen LogP contribution in [0, 0.1) is 13.8 Å². The van der Waals surface area contributed by atoms with Gasteiger partial charge in [0.2, 0.25) is 5.91 Å². The van der Waals surface area contributed by atoms with E-state index < -0.39 is 17.7 Å². The third kappa shape index (κ3) is 6.46. The lowest BCUT2D eigenvalue weighted by molar-refractivity contribution is -0.137. The summed E-state index contributed by atoms with van der Waals surface area (Å²) in [7, 11) is 1.27. The first-order valence-corrected chi connectivity index (χ1v) is 12.3. The zero-order chi connectivity index (χ0) is 26.5. The van der Waals surface area contributed by atoms with Crippen molar-refractivity contribution in [3.8, 4) is 5.75 Å². The number of allylic oxidation sites excluding steroid dienone is 1. The van der Waals surface area contributed by atoms with E-state index in [0.717, 1.165) is 34.3 Å². The molecule has 2 aromatic heterocycles. The SMILES string of the molecule is C=CCn1c(COc2cccc(C(F)(F)F)c2)nnc1SCC(=O)Nc1sc(C)c(C)c1C(=O)OC. The number of alkyl halides is 3. The minimum atomic E-state index is -4.48. The number of amides is 1. The van der Waals surface area contributed by atoms with E-state index in [2.05, 4.69) is 22.1 Å². The summed E-state index contributed by atoms with van der Waals surface area (Å²) in [5, 5.41) is 11.7. The van der Waals surface area contributed by atoms with Crippen LogP contribution in [0.15, 0.2) is 42.1 Å². The van der Waals surface area contributed by atoms with Gasteiger partial charge >= 0.3 is 12.1 Å². The molecule has 0 atom stereocenters. The van der Waals surface area contributed by atoms with Crippen molar-refractivity contribution >= 4 is 40.0 Å². The number of carbonyl (C=O) groups excluding carboxylic acids is 2. The van der Waals surface area contributed by atoms with E-state index in [9.17, 15) is 22.8 Å². The van der Waals surface area contributed by atoms with E-state index in [-0.39, 0.29) is 24.0 Å². The lowest BCUT2D eigenvalue weighted by Crippen LogP contribution is -2.16. The predicted octanol–water partition coefficient (Wildman–Crippen LogP) is 5.26. The van der Waals surface area contributed by atoms with Gasteiger partial charge < -0.3 is 14.8 Å². The Morgan fingerprint density at radius 2 is 2.03 bits per heavy atom. The van der Waals surface area contributed by atoms with Crippen molar-refractivity contribution in [3.05, 3.63) is 64.3 Å². The first kappa shape index (κ1) is 27.3. The number of anilines is 1. The number of rotatable bonds is 10. The highest BCUT2D eigenvalue weighted by molar-refractivity contribution is 7.99. The summed E-state index contributed by atoms with van der Waals surface area (Å²) in [5.74, 6) is -0.528. The maximum absolute atomic E-state index is 12.9. The van der Waals surface area contributed by atoms with Crippen LogP contribution in [0.25, 0.3) is 0 Å². The number of hydrogen-bond donors (Lipinski definition) is 1. The second kappa shape index (κ2) is 11.6. The number of thiophene rings is 1. The summed E-state index contributed by atoms with van der Waals surface area (Å²) in [6, 6.07) is 4.54. The first-order chi connectivity index (χ1) is 17.0. The predicted molar refractivity (Wildman–Crippen MR) is 130 cm³/mol. The molecule has 0 aliphatic heterocycles. The third-order valence-corrected chi connectivity index (χ3v) is 7.08. The van der Waals surface area contributed by atoms with Gasteiger partial charge in [0.1, 0.15) is 17.4 Å². The Bertz CT molecular complexity index is 1270. The molecule has 1 N–H and O–H groups in total. The van der Waals surface area contributed by atoms with Gasteiger partial charge in [0.15, 0.2) is 11.0 Å². The summed E-state index contributed by atoms with van der Waals surface area (Å²) >= 11 is 2.39. The maximum atomic E-state index is 12.9. The fraction of sp³-hybridized carbons (Fsp3) is 0.304. The van der Waals surface area contributed by atoms with Crippen molar-refractivity contribution in [2.45, 2.75) is 38.3 Å². The van der Waals surface area contributed by atoms with Gasteiger partial charge in [0.05, 0.1) is 24.0 Å². The molecule has 0 aliphatic carbocycles. The van der Waals surface area contributed by atoms with Gasteiger partial charge in [-0.1, -0.05) is 23.9 Å². The average Bonchev–Trinajstić information content (AvgIpc) is 3.35. The number of hydrogen-bond acceptors (Lipinski definition) is 8. The van der Waals surface area contributed by atoms with Gasteiger partial charge in [-0.25, -0.2) is 4.79 Å². The summed E-state index contributed by atoms with van der Waals surface area (Å²) < 4.78 is 50.8. The second-order valence-corrected chi connectivity index (χ2v) is 9.60. The zero-order valence-electron chi connectivity index (χ0n) is 19.6. The number of carbonyl (C=O) groups is 2. The monoisotopic (exact) mass is 540 g/mol. The quantitative estimate of drug-likeness (QED) is 0.213. The molecule has 1 aromatic carbocycles. The summed E-state index contributed by atoms with van der Waals surface area (Å²) in [6.45, 7) is 7.49. The van der Waals surface area contributed by atoms with Gasteiger partial charge in [0.25, 0.3) is 0 Å². The highest BCUT2D eigenvalue weighted by atomic mass is 32.2. The smallest absolute Gasteiger partial charge is 0.416 e. The molecule has 0 fully saturated rings. The standard InChI is InChI=1S/C23H23F3N4O4S2/c1-5-9-30-17(11-34-16-8-6-7-15(10-16)23(24,25)26)28-29-22(30)35-12-18(31)27-20-19(21(32)33-4)13(2)14(3)36-20/h5-8,10H,1,9,11-12H2,2-4H3,(H,27,31). The van der Waals surface area contributed by atoms with Crippen molar-refractivity contribution in [1.82, 2.24) is 14.8 Å². The van der Waals surface area contributed by atoms with Crippen molar-refractivity contribution < 1.29 is 32.2 Å². The number of methoxy groups -OCH3 is 1. The van der Waals surface area contributed by atoms with Gasteiger partial charge in [-0.3, -0.25) is 9.36 Å². The Hall–Kier alpha value is -3.32. The molecule has 0 saturated heterocycles. The minimum Gasteiger partial charge on any atom is -0.486 e. The number of halogens is 3. The molecule has 3 rings (SSSR count). The van der Waals surface area contributed by atoms with Crippen LogP contribution in [0.1, 0.15) is 32.2 Å². The zero-order valence-corrected chi connectivity index (χ0v) is 21.3. The Labute approximate surface area is 213 Å². The molecule has 13 heteroatoms. The van der Waals surface area contributed by atoms with E-state index in [1.54, 1.807) is 17.6 Å². The number of benzene rings is 1. The van der Waals surface area contributed by atoms with Gasteiger partial charge in [0, 0.05) is 11.4 Å². The lowest BCUT2D eigenvalue weighted by atomic mass is 10.1. The highest BCUT2D eigenvalue weighted by Crippen LogP contribution is 2.33. The normalized spacial score (nSPS) is 11.3. The summed E-state index contributed by atoms with van der Waals surface area (Å²) in [6.07, 6.45) is -2.88. The van der Waals surface area contributed by atoms with Crippen LogP contribution in [-0.4, -0.2) is 39.5 Å². The molecule has 1 amide bonds. The minimum absolute atomic E-state index is 0.0274. The van der Waals surface area contributed by atoms with Gasteiger partial charge in [-0.2, -0.15) is 13.2 Å². The second-order valence-electron chi connectivity index (χ2n) is 7.43. The Morgan fingerprint density at radius 3 is 2.69 bits per heavy atom. The number of esters is 1. The molecule has 0 aliphatic rings. The Balaban J connectivity index is 1.67. The van der Waals surface area contributed by atoms with E-state index in [4.69, 9.17) is 9.47 Å². The van der Waals surface area contributed by atoms with Crippen molar-refractivity contribution in [2.75, 3.05) is 18.2 Å². The van der Waals surface area contributed by atoms with Crippen LogP contribution in [-0.2, 0) is 28.9 Å². The number of nitrogens with zero attached hydrogens (tertiary/aromatic N) is 3. The van der Waals surface area contributed by atoms with Gasteiger partial charge in [-0.05, 0) is 37.6 Å². The average molecular weight is 541 g/mol. The lowest BCUT2D eigenvalue weighted by Gasteiger charge is -2.11. The van der Waals surface area contributed by atoms with Crippen LogP contribution in [0.4, 0.5) is 18.2 Å². The Kier molecular flexibility index (Phi) is 8.79. The van der Waals surface area contributed by atoms with E-state index in [1.807, 2.05) is 6.92 Å². The number of nitrogens with one attached hydrogen (secondary N) is 1. The van der Waals surface area contributed by atoms with Crippen molar-refractivity contribution in [1.29, 1.82) is 0 Å². The maximum Gasteiger partial charge on any atom is 0.416 e. The molecule has 3 aromatic rings. The van der Waals surface area contributed by atoms with E-state index >= 15 is 0 Å². The molecule has 0 spiro atoms. The summed E-state index contributed by atoms with van der Waals surface area (Å²) in [5.41, 5.74) is 0.245. The number of thioether (sulfide) groups is 1. The molecule has 8 nitrogen and oxygen atoms in total. The van der Waals surface area contributed by atoms with Crippen LogP contribution in [0.3, 0.4) is 0 Å². The van der Waals surface area contributed by atoms with Crippen LogP contribution in [0.2, 0.25) is 0 Å². The fourth-order valence-electron chi connectivity index (χ4n) is 3.11. The third-order valence-electron chi connectivity index (χ3n) is 4.99. The van der Waals surface area contributed by atoms with Crippen LogP contribution < -0.4 is 10.1 Å².